The molecule has 0 saturated heterocycles. The molecule has 3 nitrogen and oxygen atoms in total. The van der Waals surface area contributed by atoms with Crippen molar-refractivity contribution in [3.63, 3.8) is 0 Å². The number of hydrogen-bond acceptors (Lipinski definition) is 3. The Labute approximate surface area is 115 Å². The Balaban J connectivity index is 2.06. The van der Waals surface area contributed by atoms with Crippen molar-refractivity contribution in [1.82, 2.24) is 4.98 Å². The van der Waals surface area contributed by atoms with E-state index in [4.69, 9.17) is 4.74 Å². The lowest BCUT2D eigenvalue weighted by Crippen LogP contribution is -2.04. The zero-order valence-corrected chi connectivity index (χ0v) is 11.8. The van der Waals surface area contributed by atoms with Crippen LogP contribution in [0.3, 0.4) is 0 Å². The Morgan fingerprint density at radius 1 is 1.28 bits per heavy atom. The first-order valence-electron chi connectivity index (χ1n) is 5.85. The first-order valence-corrected chi connectivity index (χ1v) is 6.65. The summed E-state index contributed by atoms with van der Waals surface area (Å²) < 4.78 is 6.59. The first kappa shape index (κ1) is 12.9. The molecule has 1 aromatic carbocycles. The molecule has 0 aliphatic heterocycles. The van der Waals surface area contributed by atoms with Crippen molar-refractivity contribution in [1.29, 1.82) is 0 Å². The number of pyridine rings is 1. The molecule has 0 fully saturated rings. The van der Waals surface area contributed by atoms with Crippen molar-refractivity contribution in [2.24, 2.45) is 0 Å². The van der Waals surface area contributed by atoms with Crippen molar-refractivity contribution in [3.8, 4) is 5.75 Å². The Morgan fingerprint density at radius 2 is 2.17 bits per heavy atom. The second-order valence-electron chi connectivity index (χ2n) is 3.77. The topological polar surface area (TPSA) is 34.1 Å². The fourth-order valence-electron chi connectivity index (χ4n) is 1.63. The molecule has 0 amide bonds. The molecule has 2 aromatic rings. The molecule has 1 heterocycles. The second-order valence-corrected chi connectivity index (χ2v) is 4.68. The van der Waals surface area contributed by atoms with Crippen molar-refractivity contribution in [3.05, 3.63) is 52.6 Å². The average Bonchev–Trinajstić information content (AvgIpc) is 2.38. The minimum absolute atomic E-state index is 0.636. The monoisotopic (exact) mass is 306 g/mol. The Morgan fingerprint density at radius 3 is 2.94 bits per heavy atom. The molecular formula is C14H15BrN2O. The van der Waals surface area contributed by atoms with E-state index < -0.39 is 0 Å². The van der Waals surface area contributed by atoms with Gasteiger partial charge in [-0.2, -0.15) is 0 Å². The normalized spacial score (nSPS) is 10.1. The highest BCUT2D eigenvalue weighted by molar-refractivity contribution is 9.10. The Bertz CT molecular complexity index is 517. The van der Waals surface area contributed by atoms with E-state index >= 15 is 0 Å². The third kappa shape index (κ3) is 3.47. The molecule has 2 rings (SSSR count). The van der Waals surface area contributed by atoms with Gasteiger partial charge in [-0.25, -0.2) is 4.98 Å². The summed E-state index contributed by atoms with van der Waals surface area (Å²) in [6.45, 7) is 3.32. The van der Waals surface area contributed by atoms with Gasteiger partial charge in [0.1, 0.15) is 0 Å². The lowest BCUT2D eigenvalue weighted by molar-refractivity contribution is 0.340. The van der Waals surface area contributed by atoms with Gasteiger partial charge in [-0.05, 0) is 36.8 Å². The molecule has 0 atom stereocenters. The van der Waals surface area contributed by atoms with E-state index in [1.54, 1.807) is 6.20 Å². The average molecular weight is 307 g/mol. The molecule has 1 aromatic heterocycles. The van der Waals surface area contributed by atoms with Crippen LogP contribution in [0, 0.1) is 0 Å². The van der Waals surface area contributed by atoms with Crippen molar-refractivity contribution in [2.45, 2.75) is 13.5 Å². The minimum Gasteiger partial charge on any atom is -0.490 e. The number of anilines is 1. The maximum Gasteiger partial charge on any atom is 0.169 e. The number of nitrogens with one attached hydrogen (secondary N) is 1. The summed E-state index contributed by atoms with van der Waals surface area (Å²) in [5, 5.41) is 3.28. The lowest BCUT2D eigenvalue weighted by Gasteiger charge is -2.11. The molecule has 18 heavy (non-hydrogen) atoms. The summed E-state index contributed by atoms with van der Waals surface area (Å²) in [6, 6.07) is 12.0. The maximum absolute atomic E-state index is 5.51. The Kier molecular flexibility index (Phi) is 4.59. The lowest BCUT2D eigenvalue weighted by atomic mass is 10.2. The fraction of sp³-hybridized carbons (Fsp3) is 0.214. The van der Waals surface area contributed by atoms with Gasteiger partial charge in [-0.1, -0.05) is 28.1 Å². The van der Waals surface area contributed by atoms with E-state index in [1.807, 2.05) is 31.2 Å². The summed E-state index contributed by atoms with van der Waals surface area (Å²) in [6.07, 6.45) is 1.76. The molecule has 0 spiro atoms. The second kappa shape index (κ2) is 6.40. The molecule has 0 aliphatic rings. The van der Waals surface area contributed by atoms with E-state index in [0.29, 0.717) is 6.61 Å². The highest BCUT2D eigenvalue weighted by Gasteiger charge is 2.03. The van der Waals surface area contributed by atoms with Gasteiger partial charge >= 0.3 is 0 Å². The molecule has 0 aliphatic carbocycles. The van der Waals surface area contributed by atoms with Crippen LogP contribution in [0.4, 0.5) is 5.82 Å². The predicted molar refractivity (Wildman–Crippen MR) is 76.9 cm³/mol. The summed E-state index contributed by atoms with van der Waals surface area (Å²) in [7, 11) is 0. The molecule has 0 radical (unpaired) electrons. The van der Waals surface area contributed by atoms with Gasteiger partial charge in [-0.3, -0.25) is 0 Å². The molecule has 0 saturated carbocycles. The number of ether oxygens (including phenoxy) is 1. The van der Waals surface area contributed by atoms with Crippen molar-refractivity contribution < 1.29 is 4.74 Å². The van der Waals surface area contributed by atoms with E-state index in [0.717, 1.165) is 22.6 Å². The van der Waals surface area contributed by atoms with Gasteiger partial charge in [0.05, 0.1) is 6.61 Å². The van der Waals surface area contributed by atoms with E-state index in [2.05, 4.69) is 38.4 Å². The predicted octanol–water partition coefficient (Wildman–Crippen LogP) is 3.85. The number of hydrogen-bond donors (Lipinski definition) is 1. The standard InChI is InChI=1S/C14H15BrN2O/c1-2-18-13-7-4-8-16-14(13)17-10-11-5-3-6-12(15)9-11/h3-9H,2,10H2,1H3,(H,16,17). The van der Waals surface area contributed by atoms with E-state index in [1.165, 1.54) is 5.56 Å². The minimum atomic E-state index is 0.636. The zero-order valence-electron chi connectivity index (χ0n) is 10.2. The van der Waals surface area contributed by atoms with Crippen LogP contribution >= 0.6 is 15.9 Å². The smallest absolute Gasteiger partial charge is 0.169 e. The fourth-order valence-corrected chi connectivity index (χ4v) is 2.07. The number of nitrogens with zero attached hydrogens (tertiary/aromatic N) is 1. The van der Waals surface area contributed by atoms with Crippen LogP contribution in [0.2, 0.25) is 0 Å². The van der Waals surface area contributed by atoms with E-state index in [9.17, 15) is 0 Å². The van der Waals surface area contributed by atoms with Gasteiger partial charge in [0, 0.05) is 17.2 Å². The third-order valence-corrected chi connectivity index (χ3v) is 2.91. The maximum atomic E-state index is 5.51. The van der Waals surface area contributed by atoms with Gasteiger partial charge in [0.15, 0.2) is 11.6 Å². The molecule has 0 bridgehead atoms. The van der Waals surface area contributed by atoms with Gasteiger partial charge in [0.25, 0.3) is 0 Å². The number of benzene rings is 1. The van der Waals surface area contributed by atoms with Gasteiger partial charge in [-0.15, -0.1) is 0 Å². The SMILES string of the molecule is CCOc1cccnc1NCc1cccc(Br)c1. The quantitative estimate of drug-likeness (QED) is 0.911. The van der Waals surface area contributed by atoms with Crippen LogP contribution in [0.1, 0.15) is 12.5 Å². The van der Waals surface area contributed by atoms with Crippen LogP contribution in [0.5, 0.6) is 5.75 Å². The van der Waals surface area contributed by atoms with Crippen LogP contribution in [0.15, 0.2) is 47.1 Å². The van der Waals surface area contributed by atoms with Crippen LogP contribution < -0.4 is 10.1 Å². The molecule has 94 valence electrons. The third-order valence-electron chi connectivity index (χ3n) is 2.42. The molecule has 1 N–H and O–H groups in total. The Hall–Kier alpha value is -1.55. The zero-order chi connectivity index (χ0) is 12.8. The number of halogens is 1. The molecular weight excluding hydrogens is 292 g/mol. The van der Waals surface area contributed by atoms with Crippen LogP contribution in [0.25, 0.3) is 0 Å². The van der Waals surface area contributed by atoms with E-state index in [-0.39, 0.29) is 0 Å². The van der Waals surface area contributed by atoms with Crippen LogP contribution in [-0.4, -0.2) is 11.6 Å². The summed E-state index contributed by atoms with van der Waals surface area (Å²) >= 11 is 3.46. The largest absolute Gasteiger partial charge is 0.490 e. The highest BCUT2D eigenvalue weighted by Crippen LogP contribution is 2.21. The highest BCUT2D eigenvalue weighted by atomic mass is 79.9. The number of aromatic nitrogens is 1. The van der Waals surface area contributed by atoms with Crippen LogP contribution in [-0.2, 0) is 6.54 Å². The molecule has 4 heteroatoms. The number of rotatable bonds is 5. The summed E-state index contributed by atoms with van der Waals surface area (Å²) in [5.74, 6) is 1.56. The van der Waals surface area contributed by atoms with Gasteiger partial charge < -0.3 is 10.1 Å². The summed E-state index contributed by atoms with van der Waals surface area (Å²) in [5.41, 5.74) is 1.19. The van der Waals surface area contributed by atoms with Crippen molar-refractivity contribution >= 4 is 21.7 Å². The van der Waals surface area contributed by atoms with Gasteiger partial charge in [0.2, 0.25) is 0 Å². The van der Waals surface area contributed by atoms with Crippen molar-refractivity contribution in [2.75, 3.05) is 11.9 Å². The first-order chi connectivity index (χ1) is 8.79. The summed E-state index contributed by atoms with van der Waals surface area (Å²) in [4.78, 5) is 4.29. The molecule has 0 unspecified atom stereocenters.